The van der Waals surface area contributed by atoms with E-state index < -0.39 is 0 Å². The number of ketones is 1. The number of carbonyl (C=O) groups excluding carboxylic acids is 1. The minimum atomic E-state index is -0.0959. The van der Waals surface area contributed by atoms with Crippen LogP contribution >= 0.6 is 0 Å². The number of hydrogen-bond donors (Lipinski definition) is 0. The van der Waals surface area contributed by atoms with Crippen molar-refractivity contribution in [2.75, 3.05) is 7.11 Å². The smallest absolute Gasteiger partial charge is 0.188 e. The molecule has 0 atom stereocenters. The second-order valence-electron chi connectivity index (χ2n) is 4.20. The molecular weight excluding hydrogens is 252 g/mol. The molecule has 0 N–H and O–H groups in total. The lowest BCUT2D eigenvalue weighted by atomic mass is 10.1. The summed E-state index contributed by atoms with van der Waals surface area (Å²) in [6.07, 6.45) is 2.75. The number of ether oxygens (including phenoxy) is 2. The Labute approximate surface area is 118 Å². The number of rotatable bonds is 6. The van der Waals surface area contributed by atoms with Gasteiger partial charge in [-0.3, -0.25) is 4.79 Å². The quantitative estimate of drug-likeness (QED) is 0.456. The average molecular weight is 268 g/mol. The van der Waals surface area contributed by atoms with E-state index in [-0.39, 0.29) is 5.78 Å². The fourth-order valence-corrected chi connectivity index (χ4v) is 1.68. The number of allylic oxidation sites excluding steroid dienone is 1. The first-order chi connectivity index (χ1) is 9.79. The first-order valence-corrected chi connectivity index (χ1v) is 6.30. The fraction of sp³-hybridized carbons (Fsp3) is 0.118. The van der Waals surface area contributed by atoms with Crippen molar-refractivity contribution in [3.63, 3.8) is 0 Å². The van der Waals surface area contributed by atoms with Crippen LogP contribution < -0.4 is 4.74 Å². The molecule has 0 aliphatic rings. The van der Waals surface area contributed by atoms with Crippen molar-refractivity contribution in [2.45, 2.75) is 6.61 Å². The van der Waals surface area contributed by atoms with Crippen molar-refractivity contribution in [2.24, 2.45) is 0 Å². The summed E-state index contributed by atoms with van der Waals surface area (Å²) in [5.74, 6) is 0.641. The summed E-state index contributed by atoms with van der Waals surface area (Å²) in [4.78, 5) is 11.7. The molecule has 0 aromatic heterocycles. The molecule has 0 radical (unpaired) electrons. The van der Waals surface area contributed by atoms with Crippen LogP contribution in [0.1, 0.15) is 15.9 Å². The summed E-state index contributed by atoms with van der Waals surface area (Å²) >= 11 is 0. The Morgan fingerprint density at radius 3 is 2.40 bits per heavy atom. The lowest BCUT2D eigenvalue weighted by Crippen LogP contribution is -1.97. The predicted molar refractivity (Wildman–Crippen MR) is 77.7 cm³/mol. The highest BCUT2D eigenvalue weighted by molar-refractivity contribution is 6.04. The molecule has 3 heteroatoms. The van der Waals surface area contributed by atoms with Gasteiger partial charge in [0, 0.05) is 11.6 Å². The van der Waals surface area contributed by atoms with E-state index in [4.69, 9.17) is 9.47 Å². The van der Waals surface area contributed by atoms with Crippen LogP contribution in [0.15, 0.2) is 66.9 Å². The normalized spacial score (nSPS) is 10.4. The highest BCUT2D eigenvalue weighted by Gasteiger charge is 2.02. The number of benzene rings is 2. The Balaban J connectivity index is 1.95. The minimum absolute atomic E-state index is 0.0959. The summed E-state index contributed by atoms with van der Waals surface area (Å²) in [5, 5.41) is 0. The van der Waals surface area contributed by atoms with E-state index in [1.54, 1.807) is 24.3 Å². The van der Waals surface area contributed by atoms with E-state index in [2.05, 4.69) is 0 Å². The number of hydrogen-bond acceptors (Lipinski definition) is 3. The number of methoxy groups -OCH3 is 1. The van der Waals surface area contributed by atoms with Gasteiger partial charge in [-0.1, -0.05) is 30.3 Å². The molecule has 102 valence electrons. The molecule has 2 aromatic rings. The molecule has 0 amide bonds. The average Bonchev–Trinajstić information content (AvgIpc) is 2.52. The standard InChI is InChI=1S/C17H16O3/c1-19-12-11-17(18)15-7-9-16(10-8-15)20-13-14-5-3-2-4-6-14/h2-12H,13H2,1H3. The second-order valence-corrected chi connectivity index (χ2v) is 4.20. The molecule has 0 saturated heterocycles. The third kappa shape index (κ3) is 3.99. The monoisotopic (exact) mass is 268 g/mol. The van der Waals surface area contributed by atoms with Crippen LogP contribution in [0.3, 0.4) is 0 Å². The van der Waals surface area contributed by atoms with Crippen LogP contribution in [0.5, 0.6) is 5.75 Å². The molecule has 0 fully saturated rings. The zero-order valence-corrected chi connectivity index (χ0v) is 11.3. The van der Waals surface area contributed by atoms with Crippen LogP contribution in [0.25, 0.3) is 0 Å². The van der Waals surface area contributed by atoms with E-state index in [1.165, 1.54) is 19.4 Å². The fourth-order valence-electron chi connectivity index (χ4n) is 1.68. The van der Waals surface area contributed by atoms with Crippen LogP contribution in [0.2, 0.25) is 0 Å². The van der Waals surface area contributed by atoms with Gasteiger partial charge < -0.3 is 9.47 Å². The molecule has 0 saturated carbocycles. The van der Waals surface area contributed by atoms with Gasteiger partial charge in [0.15, 0.2) is 5.78 Å². The van der Waals surface area contributed by atoms with Gasteiger partial charge in [0.25, 0.3) is 0 Å². The largest absolute Gasteiger partial charge is 0.504 e. The topological polar surface area (TPSA) is 35.5 Å². The third-order valence-corrected chi connectivity index (χ3v) is 2.74. The summed E-state index contributed by atoms with van der Waals surface area (Å²) in [5.41, 5.74) is 1.71. The molecule has 0 spiro atoms. The Morgan fingerprint density at radius 1 is 1.05 bits per heavy atom. The van der Waals surface area contributed by atoms with Crippen molar-refractivity contribution < 1.29 is 14.3 Å². The predicted octanol–water partition coefficient (Wildman–Crippen LogP) is 3.61. The first-order valence-electron chi connectivity index (χ1n) is 6.30. The Kier molecular flexibility index (Phi) is 4.95. The Hall–Kier alpha value is -2.55. The van der Waals surface area contributed by atoms with E-state index >= 15 is 0 Å². The third-order valence-electron chi connectivity index (χ3n) is 2.74. The van der Waals surface area contributed by atoms with E-state index in [0.717, 1.165) is 11.3 Å². The van der Waals surface area contributed by atoms with Gasteiger partial charge in [0.2, 0.25) is 0 Å². The molecule has 0 aliphatic carbocycles. The summed E-state index contributed by atoms with van der Waals surface area (Å²) in [7, 11) is 1.50. The van der Waals surface area contributed by atoms with Crippen LogP contribution in [0, 0.1) is 0 Å². The van der Waals surface area contributed by atoms with Crippen molar-refractivity contribution in [3.05, 3.63) is 78.1 Å². The van der Waals surface area contributed by atoms with Crippen molar-refractivity contribution in [1.29, 1.82) is 0 Å². The van der Waals surface area contributed by atoms with Crippen LogP contribution in [-0.4, -0.2) is 12.9 Å². The second kappa shape index (κ2) is 7.14. The Bertz CT molecular complexity index is 571. The molecule has 0 aliphatic heterocycles. The molecule has 20 heavy (non-hydrogen) atoms. The molecule has 0 bridgehead atoms. The number of carbonyl (C=O) groups is 1. The molecule has 0 heterocycles. The zero-order chi connectivity index (χ0) is 14.2. The summed E-state index contributed by atoms with van der Waals surface area (Å²) in [6.45, 7) is 0.512. The highest BCUT2D eigenvalue weighted by atomic mass is 16.5. The Morgan fingerprint density at radius 2 is 1.75 bits per heavy atom. The zero-order valence-electron chi connectivity index (χ0n) is 11.3. The van der Waals surface area contributed by atoms with Gasteiger partial charge in [0.1, 0.15) is 12.4 Å². The highest BCUT2D eigenvalue weighted by Crippen LogP contribution is 2.14. The molecular formula is C17H16O3. The minimum Gasteiger partial charge on any atom is -0.504 e. The summed E-state index contributed by atoms with van der Waals surface area (Å²) < 4.78 is 10.4. The van der Waals surface area contributed by atoms with E-state index in [9.17, 15) is 4.79 Å². The molecule has 2 rings (SSSR count). The van der Waals surface area contributed by atoms with Gasteiger partial charge in [-0.25, -0.2) is 0 Å². The van der Waals surface area contributed by atoms with Crippen LogP contribution in [0.4, 0.5) is 0 Å². The molecule has 0 unspecified atom stereocenters. The molecule has 2 aromatic carbocycles. The van der Waals surface area contributed by atoms with Crippen molar-refractivity contribution in [1.82, 2.24) is 0 Å². The van der Waals surface area contributed by atoms with E-state index in [1.807, 2.05) is 30.3 Å². The maximum atomic E-state index is 11.7. The van der Waals surface area contributed by atoms with E-state index in [0.29, 0.717) is 12.2 Å². The van der Waals surface area contributed by atoms with Gasteiger partial charge in [-0.15, -0.1) is 0 Å². The maximum absolute atomic E-state index is 11.7. The van der Waals surface area contributed by atoms with Gasteiger partial charge in [0.05, 0.1) is 13.4 Å². The summed E-state index contributed by atoms with van der Waals surface area (Å²) in [6, 6.07) is 17.0. The lowest BCUT2D eigenvalue weighted by molar-refractivity contribution is 0.104. The maximum Gasteiger partial charge on any atom is 0.188 e. The molecule has 3 nitrogen and oxygen atoms in total. The lowest BCUT2D eigenvalue weighted by Gasteiger charge is -2.06. The van der Waals surface area contributed by atoms with Crippen molar-refractivity contribution >= 4 is 5.78 Å². The van der Waals surface area contributed by atoms with Gasteiger partial charge in [-0.2, -0.15) is 0 Å². The van der Waals surface area contributed by atoms with Gasteiger partial charge >= 0.3 is 0 Å². The first kappa shape index (κ1) is 13.9. The SMILES string of the molecule is COC=CC(=O)c1ccc(OCc2ccccc2)cc1. The van der Waals surface area contributed by atoms with Crippen LogP contribution in [-0.2, 0) is 11.3 Å². The van der Waals surface area contributed by atoms with Crippen molar-refractivity contribution in [3.8, 4) is 5.75 Å². The van der Waals surface area contributed by atoms with Gasteiger partial charge in [-0.05, 0) is 29.8 Å².